The number of likely N-dealkylation sites (N-methyl/N-ethyl adjacent to an activating group) is 1. The van der Waals surface area contributed by atoms with Crippen molar-refractivity contribution in [3.8, 4) is 0 Å². The quantitative estimate of drug-likeness (QED) is 0.897. The number of amides is 2. The molecule has 0 saturated heterocycles. The van der Waals surface area contributed by atoms with E-state index in [1.54, 1.807) is 0 Å². The smallest absolute Gasteiger partial charge is 0.319 e. The third kappa shape index (κ3) is 4.75. The number of carbonyl (C=O) groups excluding carboxylic acids is 1. The SMILES string of the molecule is Cc1cccc(NC(=O)NCCN(C)C)c1Br. The summed E-state index contributed by atoms with van der Waals surface area (Å²) in [6, 6.07) is 5.58. The third-order valence-corrected chi connectivity index (χ3v) is 3.34. The van der Waals surface area contributed by atoms with Gasteiger partial charge in [-0.05, 0) is 48.6 Å². The topological polar surface area (TPSA) is 44.4 Å². The number of carbonyl (C=O) groups is 1. The fourth-order valence-electron chi connectivity index (χ4n) is 1.30. The normalized spacial score (nSPS) is 10.4. The largest absolute Gasteiger partial charge is 0.337 e. The van der Waals surface area contributed by atoms with Crippen molar-refractivity contribution in [1.82, 2.24) is 10.2 Å². The second kappa shape index (κ2) is 6.61. The fourth-order valence-corrected chi connectivity index (χ4v) is 1.67. The molecule has 4 nitrogen and oxygen atoms in total. The van der Waals surface area contributed by atoms with Gasteiger partial charge in [-0.25, -0.2) is 4.79 Å². The van der Waals surface area contributed by atoms with Crippen LogP contribution in [-0.4, -0.2) is 38.1 Å². The van der Waals surface area contributed by atoms with Crippen LogP contribution in [0.1, 0.15) is 5.56 Å². The highest BCUT2D eigenvalue weighted by Crippen LogP contribution is 2.25. The van der Waals surface area contributed by atoms with Crippen LogP contribution in [0.25, 0.3) is 0 Å². The van der Waals surface area contributed by atoms with E-state index in [0.717, 1.165) is 22.3 Å². The van der Waals surface area contributed by atoms with Gasteiger partial charge < -0.3 is 15.5 Å². The fraction of sp³-hybridized carbons (Fsp3) is 0.417. The average molecular weight is 300 g/mol. The van der Waals surface area contributed by atoms with E-state index in [1.165, 1.54) is 0 Å². The van der Waals surface area contributed by atoms with Gasteiger partial charge in [-0.3, -0.25) is 0 Å². The lowest BCUT2D eigenvalue weighted by Gasteiger charge is -2.12. The molecule has 2 N–H and O–H groups in total. The minimum absolute atomic E-state index is 0.182. The van der Waals surface area contributed by atoms with Crippen molar-refractivity contribution in [2.45, 2.75) is 6.92 Å². The van der Waals surface area contributed by atoms with Crippen molar-refractivity contribution >= 4 is 27.6 Å². The molecule has 1 rings (SSSR count). The lowest BCUT2D eigenvalue weighted by Crippen LogP contribution is -2.34. The molecule has 0 bridgehead atoms. The van der Waals surface area contributed by atoms with E-state index in [1.807, 2.05) is 44.1 Å². The minimum atomic E-state index is -0.182. The number of hydrogen-bond acceptors (Lipinski definition) is 2. The first kappa shape index (κ1) is 14.0. The number of nitrogens with one attached hydrogen (secondary N) is 2. The van der Waals surface area contributed by atoms with Gasteiger partial charge >= 0.3 is 6.03 Å². The highest BCUT2D eigenvalue weighted by Gasteiger charge is 2.05. The molecule has 1 aromatic carbocycles. The van der Waals surface area contributed by atoms with Crippen molar-refractivity contribution in [2.24, 2.45) is 0 Å². The molecule has 1 aromatic rings. The zero-order chi connectivity index (χ0) is 12.8. The Hall–Kier alpha value is -1.07. The summed E-state index contributed by atoms with van der Waals surface area (Å²) in [6.07, 6.45) is 0. The van der Waals surface area contributed by atoms with Gasteiger partial charge in [0.05, 0.1) is 5.69 Å². The summed E-state index contributed by atoms with van der Waals surface area (Å²) in [5.74, 6) is 0. The highest BCUT2D eigenvalue weighted by molar-refractivity contribution is 9.10. The van der Waals surface area contributed by atoms with Gasteiger partial charge in [0.25, 0.3) is 0 Å². The first-order valence-corrected chi connectivity index (χ1v) is 6.24. The molecule has 0 aliphatic carbocycles. The molecular weight excluding hydrogens is 282 g/mol. The number of rotatable bonds is 4. The van der Waals surface area contributed by atoms with E-state index < -0.39 is 0 Å². The van der Waals surface area contributed by atoms with Gasteiger partial charge in [-0.2, -0.15) is 0 Å². The Kier molecular flexibility index (Phi) is 5.44. The van der Waals surface area contributed by atoms with Crippen molar-refractivity contribution in [3.05, 3.63) is 28.2 Å². The van der Waals surface area contributed by atoms with Crippen molar-refractivity contribution in [2.75, 3.05) is 32.5 Å². The van der Waals surface area contributed by atoms with Crippen molar-refractivity contribution in [1.29, 1.82) is 0 Å². The Morgan fingerprint density at radius 1 is 1.41 bits per heavy atom. The lowest BCUT2D eigenvalue weighted by atomic mass is 10.2. The molecular formula is C12H18BrN3O. The highest BCUT2D eigenvalue weighted by atomic mass is 79.9. The van der Waals surface area contributed by atoms with Crippen LogP contribution < -0.4 is 10.6 Å². The molecule has 0 unspecified atom stereocenters. The van der Waals surface area contributed by atoms with Crippen molar-refractivity contribution in [3.63, 3.8) is 0 Å². The van der Waals surface area contributed by atoms with E-state index in [2.05, 4.69) is 26.6 Å². The predicted molar refractivity (Wildman–Crippen MR) is 74.5 cm³/mol. The maximum absolute atomic E-state index is 11.6. The average Bonchev–Trinajstić information content (AvgIpc) is 2.24. The molecule has 0 spiro atoms. The third-order valence-electron chi connectivity index (χ3n) is 2.28. The van der Waals surface area contributed by atoms with Crippen LogP contribution in [0.2, 0.25) is 0 Å². The Morgan fingerprint density at radius 3 is 2.76 bits per heavy atom. The molecule has 5 heteroatoms. The Labute approximate surface area is 111 Å². The lowest BCUT2D eigenvalue weighted by molar-refractivity contribution is 0.250. The van der Waals surface area contributed by atoms with Gasteiger partial charge in [-0.15, -0.1) is 0 Å². The molecule has 0 fully saturated rings. The zero-order valence-electron chi connectivity index (χ0n) is 10.4. The monoisotopic (exact) mass is 299 g/mol. The number of urea groups is 1. The van der Waals surface area contributed by atoms with E-state index in [-0.39, 0.29) is 6.03 Å². The summed E-state index contributed by atoms with van der Waals surface area (Å²) in [7, 11) is 3.94. The maximum Gasteiger partial charge on any atom is 0.319 e. The molecule has 0 radical (unpaired) electrons. The summed E-state index contributed by atoms with van der Waals surface area (Å²) in [4.78, 5) is 13.6. The van der Waals surface area contributed by atoms with Crippen LogP contribution in [0, 0.1) is 6.92 Å². The summed E-state index contributed by atoms with van der Waals surface area (Å²) < 4.78 is 0.919. The molecule has 0 atom stereocenters. The van der Waals surface area contributed by atoms with E-state index in [9.17, 15) is 4.79 Å². The van der Waals surface area contributed by atoms with Crippen LogP contribution in [-0.2, 0) is 0 Å². The molecule has 17 heavy (non-hydrogen) atoms. The molecule has 0 aromatic heterocycles. The number of benzene rings is 1. The number of hydrogen-bond donors (Lipinski definition) is 2. The van der Waals surface area contributed by atoms with Gasteiger partial charge in [0, 0.05) is 17.6 Å². The van der Waals surface area contributed by atoms with Gasteiger partial charge in [0.2, 0.25) is 0 Å². The molecule has 0 aliphatic heterocycles. The van der Waals surface area contributed by atoms with Gasteiger partial charge in [0.15, 0.2) is 0 Å². The molecule has 2 amide bonds. The summed E-state index contributed by atoms with van der Waals surface area (Å²) in [5, 5.41) is 5.61. The van der Waals surface area contributed by atoms with Crippen LogP contribution in [0.4, 0.5) is 10.5 Å². The molecule has 0 saturated carbocycles. The van der Waals surface area contributed by atoms with Crippen LogP contribution in [0.3, 0.4) is 0 Å². The maximum atomic E-state index is 11.6. The van der Waals surface area contributed by atoms with Crippen LogP contribution in [0.5, 0.6) is 0 Å². The van der Waals surface area contributed by atoms with Gasteiger partial charge in [0.1, 0.15) is 0 Å². The minimum Gasteiger partial charge on any atom is -0.337 e. The second-order valence-corrected chi connectivity index (χ2v) is 4.91. The molecule has 0 heterocycles. The van der Waals surface area contributed by atoms with E-state index in [0.29, 0.717) is 6.54 Å². The summed E-state index contributed by atoms with van der Waals surface area (Å²) in [6.45, 7) is 3.43. The van der Waals surface area contributed by atoms with Crippen molar-refractivity contribution < 1.29 is 4.79 Å². The van der Waals surface area contributed by atoms with Gasteiger partial charge in [-0.1, -0.05) is 12.1 Å². The van der Waals surface area contributed by atoms with Crippen LogP contribution >= 0.6 is 15.9 Å². The molecule has 0 aliphatic rings. The first-order chi connectivity index (χ1) is 8.00. The number of halogens is 1. The second-order valence-electron chi connectivity index (χ2n) is 4.12. The Bertz CT molecular complexity index is 393. The standard InChI is InChI=1S/C12H18BrN3O/c1-9-5-4-6-10(11(9)13)15-12(17)14-7-8-16(2)3/h4-6H,7-8H2,1-3H3,(H2,14,15,17). The summed E-state index contributed by atoms with van der Waals surface area (Å²) in [5.41, 5.74) is 1.88. The number of aryl methyl sites for hydroxylation is 1. The number of anilines is 1. The number of nitrogens with zero attached hydrogens (tertiary/aromatic N) is 1. The Morgan fingerprint density at radius 2 is 2.12 bits per heavy atom. The van der Waals surface area contributed by atoms with E-state index in [4.69, 9.17) is 0 Å². The Balaban J connectivity index is 2.48. The summed E-state index contributed by atoms with van der Waals surface area (Å²) >= 11 is 3.45. The first-order valence-electron chi connectivity index (χ1n) is 5.45. The van der Waals surface area contributed by atoms with Crippen LogP contribution in [0.15, 0.2) is 22.7 Å². The molecule has 94 valence electrons. The zero-order valence-corrected chi connectivity index (χ0v) is 12.0. The van der Waals surface area contributed by atoms with E-state index >= 15 is 0 Å². The predicted octanol–water partition coefficient (Wildman–Crippen LogP) is 2.44.